The molecule has 0 bridgehead atoms. The van der Waals surface area contributed by atoms with E-state index in [1.807, 2.05) is 12.5 Å². The van der Waals surface area contributed by atoms with Gasteiger partial charge < -0.3 is 30.3 Å². The van der Waals surface area contributed by atoms with Crippen LogP contribution in [0.1, 0.15) is 54.4 Å². The Balaban J connectivity index is 0. The molecule has 0 heterocycles. The van der Waals surface area contributed by atoms with Crippen LogP contribution in [0.25, 0.3) is 0 Å². The van der Waals surface area contributed by atoms with Crippen LogP contribution in [0.15, 0.2) is 0 Å². The largest absolute Gasteiger partial charge is 0.480 e. The lowest BCUT2D eigenvalue weighted by Crippen LogP contribution is -2.43. The lowest BCUT2D eigenvalue weighted by molar-refractivity contribution is -0.140. The van der Waals surface area contributed by atoms with Crippen molar-refractivity contribution in [3.8, 4) is 0 Å². The van der Waals surface area contributed by atoms with Gasteiger partial charge in [-0.15, -0.1) is 0 Å². The molecule has 2 atom stereocenters. The molecule has 0 aromatic carbocycles. The van der Waals surface area contributed by atoms with E-state index >= 15 is 0 Å². The number of aliphatic carboxylic acids is 2. The number of amides is 2. The molecule has 0 spiro atoms. The Kier molecular flexibility index (Phi) is 16.1. The highest BCUT2D eigenvalue weighted by atomic mass is 32.2. The maximum atomic E-state index is 11.3. The lowest BCUT2D eigenvalue weighted by atomic mass is 10.2. The molecule has 2 amide bonds. The standard InChI is InChI=1S/2C10H19NO4S/c2*1-10(2,3)15-9(14)11-7(8(12)13)5-6-16-4/h2*7H,5-6H2,1-4H3,(H,11,14)(H,12,13)/t2*7-/m10/s1. The molecule has 0 aliphatic carbocycles. The Morgan fingerprint density at radius 3 is 1.19 bits per heavy atom. The number of thioether (sulfide) groups is 2. The van der Waals surface area contributed by atoms with Gasteiger partial charge in [0.2, 0.25) is 0 Å². The smallest absolute Gasteiger partial charge is 0.408 e. The van der Waals surface area contributed by atoms with Crippen LogP contribution in [0, 0.1) is 0 Å². The molecule has 12 heteroatoms. The van der Waals surface area contributed by atoms with Crippen LogP contribution < -0.4 is 10.6 Å². The van der Waals surface area contributed by atoms with Gasteiger partial charge in [-0.2, -0.15) is 23.5 Å². The van der Waals surface area contributed by atoms with Gasteiger partial charge in [0.15, 0.2) is 0 Å². The van der Waals surface area contributed by atoms with Crippen LogP contribution in [0.2, 0.25) is 0 Å². The number of nitrogens with one attached hydrogen (secondary N) is 2. The molecule has 0 aromatic rings. The first kappa shape index (κ1) is 32.4. The minimum atomic E-state index is -1.04. The first-order chi connectivity index (χ1) is 14.5. The van der Waals surface area contributed by atoms with Gasteiger partial charge in [-0.3, -0.25) is 0 Å². The molecule has 0 aromatic heterocycles. The first-order valence-corrected chi connectivity index (χ1v) is 12.7. The van der Waals surface area contributed by atoms with Crippen molar-refractivity contribution in [3.05, 3.63) is 0 Å². The molecule has 0 aliphatic heterocycles. The summed E-state index contributed by atoms with van der Waals surface area (Å²) in [5.41, 5.74) is -1.24. The summed E-state index contributed by atoms with van der Waals surface area (Å²) in [6, 6.07) is -1.77. The van der Waals surface area contributed by atoms with E-state index in [1.165, 1.54) is 23.5 Å². The number of ether oxygens (including phenoxy) is 2. The Hall–Kier alpha value is -1.82. The summed E-state index contributed by atoms with van der Waals surface area (Å²) in [7, 11) is 0. The highest BCUT2D eigenvalue weighted by Crippen LogP contribution is 2.09. The predicted octanol–water partition coefficient (Wildman–Crippen LogP) is 3.43. The number of alkyl carbamates (subject to hydrolysis) is 2. The van der Waals surface area contributed by atoms with Gasteiger partial charge in [0, 0.05) is 0 Å². The minimum absolute atomic E-state index is 0.385. The second-order valence-corrected chi connectivity index (χ2v) is 10.6. The highest BCUT2D eigenvalue weighted by molar-refractivity contribution is 7.98. The van der Waals surface area contributed by atoms with Crippen molar-refractivity contribution < 1.29 is 38.9 Å². The molecule has 0 rings (SSSR count). The summed E-state index contributed by atoms with van der Waals surface area (Å²) in [6.45, 7) is 10.4. The van der Waals surface area contributed by atoms with Gasteiger partial charge in [-0.25, -0.2) is 19.2 Å². The molecule has 0 unspecified atom stereocenters. The molecule has 32 heavy (non-hydrogen) atoms. The van der Waals surface area contributed by atoms with Crippen LogP contribution in [0.4, 0.5) is 9.59 Å². The van der Waals surface area contributed by atoms with E-state index in [0.29, 0.717) is 24.3 Å². The third-order valence-corrected chi connectivity index (χ3v) is 4.49. The number of carboxylic acids is 2. The number of rotatable bonds is 10. The van der Waals surface area contributed by atoms with E-state index < -0.39 is 47.4 Å². The molecule has 10 nitrogen and oxygen atoms in total. The zero-order valence-corrected chi connectivity index (χ0v) is 21.8. The van der Waals surface area contributed by atoms with Crippen LogP contribution in [-0.2, 0) is 19.1 Å². The van der Waals surface area contributed by atoms with Crippen molar-refractivity contribution in [2.75, 3.05) is 24.0 Å². The van der Waals surface area contributed by atoms with Crippen molar-refractivity contribution >= 4 is 47.6 Å². The number of carbonyl (C=O) groups is 4. The maximum Gasteiger partial charge on any atom is 0.408 e. The molecule has 188 valence electrons. The first-order valence-electron chi connectivity index (χ1n) is 9.95. The van der Waals surface area contributed by atoms with Crippen molar-refractivity contribution in [3.63, 3.8) is 0 Å². The quantitative estimate of drug-likeness (QED) is 0.352. The normalized spacial score (nSPS) is 13.0. The summed E-state index contributed by atoms with van der Waals surface area (Å²) in [4.78, 5) is 44.3. The van der Waals surface area contributed by atoms with Crippen molar-refractivity contribution in [2.45, 2.75) is 77.7 Å². The van der Waals surface area contributed by atoms with Crippen molar-refractivity contribution in [2.24, 2.45) is 0 Å². The predicted molar refractivity (Wildman–Crippen MR) is 128 cm³/mol. The van der Waals surface area contributed by atoms with E-state index in [4.69, 9.17) is 19.7 Å². The van der Waals surface area contributed by atoms with Gasteiger partial charge in [0.1, 0.15) is 23.3 Å². The summed E-state index contributed by atoms with van der Waals surface area (Å²) in [5, 5.41) is 22.4. The fourth-order valence-corrected chi connectivity index (χ4v) is 2.83. The Morgan fingerprint density at radius 1 is 0.719 bits per heavy atom. The Labute approximate surface area is 198 Å². The monoisotopic (exact) mass is 498 g/mol. The van der Waals surface area contributed by atoms with Crippen LogP contribution in [0.5, 0.6) is 0 Å². The molecule has 0 fully saturated rings. The lowest BCUT2D eigenvalue weighted by Gasteiger charge is -2.21. The number of carbonyl (C=O) groups excluding carboxylic acids is 2. The molecule has 0 saturated heterocycles. The van der Waals surface area contributed by atoms with E-state index in [-0.39, 0.29) is 0 Å². The fraction of sp³-hybridized carbons (Fsp3) is 0.800. The third-order valence-electron chi connectivity index (χ3n) is 3.20. The van der Waals surface area contributed by atoms with Crippen molar-refractivity contribution in [1.82, 2.24) is 10.6 Å². The van der Waals surface area contributed by atoms with Crippen LogP contribution in [-0.4, -0.2) is 81.6 Å². The Bertz CT molecular complexity index is 551. The SMILES string of the molecule is CSCC[C@@H](NC(=O)OC(C)(C)C)C(=O)O.CSCC[C@H](NC(=O)OC(C)(C)C)C(=O)O. The summed E-state index contributed by atoms with van der Waals surface area (Å²) in [5.74, 6) is -0.737. The van der Waals surface area contributed by atoms with Gasteiger partial charge >= 0.3 is 24.1 Å². The van der Waals surface area contributed by atoms with Gasteiger partial charge in [0.25, 0.3) is 0 Å². The highest BCUT2D eigenvalue weighted by Gasteiger charge is 2.24. The average molecular weight is 499 g/mol. The summed E-state index contributed by atoms with van der Waals surface area (Å²) < 4.78 is 9.96. The van der Waals surface area contributed by atoms with Crippen LogP contribution >= 0.6 is 23.5 Å². The molecular weight excluding hydrogens is 460 g/mol. The van der Waals surface area contributed by atoms with E-state index in [2.05, 4.69) is 10.6 Å². The molecule has 0 aliphatic rings. The zero-order valence-electron chi connectivity index (χ0n) is 20.1. The minimum Gasteiger partial charge on any atom is -0.480 e. The second kappa shape index (κ2) is 15.9. The van der Waals surface area contributed by atoms with Gasteiger partial charge in [0.05, 0.1) is 0 Å². The van der Waals surface area contributed by atoms with Gasteiger partial charge in [-0.1, -0.05) is 0 Å². The van der Waals surface area contributed by atoms with Crippen molar-refractivity contribution in [1.29, 1.82) is 0 Å². The molecule has 4 N–H and O–H groups in total. The maximum absolute atomic E-state index is 11.3. The number of hydrogen-bond donors (Lipinski definition) is 4. The van der Waals surface area contributed by atoms with E-state index in [0.717, 1.165) is 0 Å². The second-order valence-electron chi connectivity index (χ2n) is 8.64. The van der Waals surface area contributed by atoms with Gasteiger partial charge in [-0.05, 0) is 78.4 Å². The average Bonchev–Trinajstić information content (AvgIpc) is 2.59. The van der Waals surface area contributed by atoms with Crippen LogP contribution in [0.3, 0.4) is 0 Å². The molecule has 0 saturated carbocycles. The number of hydrogen-bond acceptors (Lipinski definition) is 8. The Morgan fingerprint density at radius 2 is 1.00 bits per heavy atom. The number of carboxylic acid groups (broad SMARTS) is 2. The topological polar surface area (TPSA) is 151 Å². The fourth-order valence-electron chi connectivity index (χ4n) is 1.89. The zero-order chi connectivity index (χ0) is 25.5. The third kappa shape index (κ3) is 20.1. The van der Waals surface area contributed by atoms with E-state index in [1.54, 1.807) is 41.5 Å². The summed E-state index contributed by atoms with van der Waals surface area (Å²) in [6.07, 6.45) is 3.14. The van der Waals surface area contributed by atoms with E-state index in [9.17, 15) is 19.2 Å². The summed E-state index contributed by atoms with van der Waals surface area (Å²) >= 11 is 3.06. The molecular formula is C20H38N2O8S2. The molecule has 0 radical (unpaired) electrons.